The number of ether oxygens (including phenoxy) is 1. The van der Waals surface area contributed by atoms with E-state index in [1.807, 2.05) is 24.3 Å². The molecule has 2 aromatic rings. The molecule has 7 heteroatoms. The van der Waals surface area contributed by atoms with E-state index in [2.05, 4.69) is 5.32 Å². The highest BCUT2D eigenvalue weighted by Crippen LogP contribution is 2.32. The predicted octanol–water partition coefficient (Wildman–Crippen LogP) is 3.17. The summed E-state index contributed by atoms with van der Waals surface area (Å²) in [5, 5.41) is 2.87. The SMILES string of the molecule is O=C(NCc1cccc(F)c1)[C@@H]1CCCN(C(=O)N2CCOc3ccccc32)C1. The summed E-state index contributed by atoms with van der Waals surface area (Å²) >= 11 is 0. The first-order chi connectivity index (χ1) is 14.1. The number of hydrogen-bond donors (Lipinski definition) is 1. The maximum Gasteiger partial charge on any atom is 0.324 e. The molecule has 152 valence electrons. The first-order valence-electron chi connectivity index (χ1n) is 9.92. The number of piperidine rings is 1. The van der Waals surface area contributed by atoms with Crippen molar-refractivity contribution in [3.05, 3.63) is 59.9 Å². The summed E-state index contributed by atoms with van der Waals surface area (Å²) in [4.78, 5) is 29.2. The molecule has 0 radical (unpaired) electrons. The van der Waals surface area contributed by atoms with Crippen LogP contribution in [-0.2, 0) is 11.3 Å². The van der Waals surface area contributed by atoms with Crippen molar-refractivity contribution < 1.29 is 18.7 Å². The fourth-order valence-corrected chi connectivity index (χ4v) is 3.88. The van der Waals surface area contributed by atoms with E-state index in [0.717, 1.165) is 18.5 Å². The second kappa shape index (κ2) is 8.51. The quantitative estimate of drug-likeness (QED) is 0.865. The van der Waals surface area contributed by atoms with Gasteiger partial charge in [-0.15, -0.1) is 0 Å². The molecule has 1 saturated heterocycles. The van der Waals surface area contributed by atoms with Crippen LogP contribution in [0.3, 0.4) is 0 Å². The Labute approximate surface area is 169 Å². The average Bonchev–Trinajstić information content (AvgIpc) is 2.76. The van der Waals surface area contributed by atoms with Gasteiger partial charge in [-0.2, -0.15) is 0 Å². The maximum atomic E-state index is 13.3. The van der Waals surface area contributed by atoms with E-state index in [1.54, 1.807) is 21.9 Å². The van der Waals surface area contributed by atoms with Gasteiger partial charge in [-0.1, -0.05) is 24.3 Å². The highest BCUT2D eigenvalue weighted by atomic mass is 19.1. The van der Waals surface area contributed by atoms with Crippen molar-refractivity contribution in [1.82, 2.24) is 10.2 Å². The lowest BCUT2D eigenvalue weighted by Crippen LogP contribution is -2.52. The first-order valence-corrected chi connectivity index (χ1v) is 9.92. The van der Waals surface area contributed by atoms with Crippen molar-refractivity contribution in [2.24, 2.45) is 5.92 Å². The predicted molar refractivity (Wildman–Crippen MR) is 107 cm³/mol. The zero-order valence-corrected chi connectivity index (χ0v) is 16.1. The summed E-state index contributed by atoms with van der Waals surface area (Å²) in [6.07, 6.45) is 1.51. The van der Waals surface area contributed by atoms with Crippen LogP contribution in [0.2, 0.25) is 0 Å². The van der Waals surface area contributed by atoms with Gasteiger partial charge in [0.25, 0.3) is 0 Å². The number of carbonyl (C=O) groups is 2. The molecule has 0 spiro atoms. The molecular weight excluding hydrogens is 373 g/mol. The smallest absolute Gasteiger partial charge is 0.324 e. The number of fused-ring (bicyclic) bond motifs is 1. The summed E-state index contributed by atoms with van der Waals surface area (Å²) in [6, 6.07) is 13.6. The third kappa shape index (κ3) is 4.34. The van der Waals surface area contributed by atoms with E-state index < -0.39 is 0 Å². The Balaban J connectivity index is 1.38. The number of likely N-dealkylation sites (tertiary alicyclic amines) is 1. The minimum Gasteiger partial charge on any atom is -0.490 e. The largest absolute Gasteiger partial charge is 0.490 e. The number of para-hydroxylation sites is 2. The molecule has 0 saturated carbocycles. The number of carbonyl (C=O) groups excluding carboxylic acids is 2. The van der Waals surface area contributed by atoms with Crippen LogP contribution < -0.4 is 15.0 Å². The molecule has 2 aliphatic rings. The Kier molecular flexibility index (Phi) is 5.64. The Morgan fingerprint density at radius 3 is 2.86 bits per heavy atom. The van der Waals surface area contributed by atoms with Crippen molar-refractivity contribution in [2.75, 3.05) is 31.1 Å². The molecule has 1 fully saturated rings. The van der Waals surface area contributed by atoms with E-state index in [-0.39, 0.29) is 30.2 Å². The highest BCUT2D eigenvalue weighted by molar-refractivity contribution is 5.94. The van der Waals surface area contributed by atoms with Gasteiger partial charge in [0.05, 0.1) is 18.2 Å². The molecule has 0 aliphatic carbocycles. The van der Waals surface area contributed by atoms with Crippen molar-refractivity contribution in [1.29, 1.82) is 0 Å². The molecule has 4 rings (SSSR count). The zero-order valence-electron chi connectivity index (χ0n) is 16.1. The minimum atomic E-state index is -0.322. The van der Waals surface area contributed by atoms with E-state index >= 15 is 0 Å². The van der Waals surface area contributed by atoms with Crippen LogP contribution in [0.1, 0.15) is 18.4 Å². The Morgan fingerprint density at radius 1 is 1.14 bits per heavy atom. The summed E-state index contributed by atoms with van der Waals surface area (Å²) < 4.78 is 18.9. The molecule has 0 aromatic heterocycles. The third-order valence-electron chi connectivity index (χ3n) is 5.38. The van der Waals surface area contributed by atoms with Crippen LogP contribution >= 0.6 is 0 Å². The summed E-state index contributed by atoms with van der Waals surface area (Å²) in [5.74, 6) is 0.0113. The number of rotatable bonds is 3. The average molecular weight is 397 g/mol. The summed E-state index contributed by atoms with van der Waals surface area (Å²) in [7, 11) is 0. The standard InChI is InChI=1S/C22H24FN3O3/c23-18-7-3-5-16(13-18)14-24-21(27)17-6-4-10-25(15-17)22(28)26-11-12-29-20-9-2-1-8-19(20)26/h1-3,5,7-9,13,17H,4,6,10-12,14-15H2,(H,24,27)/t17-/m1/s1. The van der Waals surface area contributed by atoms with Crippen LogP contribution in [0.4, 0.5) is 14.9 Å². The Morgan fingerprint density at radius 2 is 2.00 bits per heavy atom. The molecule has 2 heterocycles. The van der Waals surface area contributed by atoms with Crippen molar-refractivity contribution in [2.45, 2.75) is 19.4 Å². The van der Waals surface area contributed by atoms with Gasteiger partial charge in [0.15, 0.2) is 0 Å². The van der Waals surface area contributed by atoms with Gasteiger partial charge in [-0.25, -0.2) is 9.18 Å². The maximum absolute atomic E-state index is 13.3. The number of amides is 3. The molecule has 1 atom stereocenters. The zero-order chi connectivity index (χ0) is 20.2. The van der Waals surface area contributed by atoms with E-state index in [0.29, 0.717) is 37.6 Å². The molecule has 2 aliphatic heterocycles. The van der Waals surface area contributed by atoms with Crippen molar-refractivity contribution >= 4 is 17.6 Å². The monoisotopic (exact) mass is 397 g/mol. The van der Waals surface area contributed by atoms with Crippen LogP contribution in [0.5, 0.6) is 5.75 Å². The van der Waals surface area contributed by atoms with E-state index in [9.17, 15) is 14.0 Å². The highest BCUT2D eigenvalue weighted by Gasteiger charge is 2.33. The fraction of sp³-hybridized carbons (Fsp3) is 0.364. The van der Waals surface area contributed by atoms with Gasteiger partial charge in [0.1, 0.15) is 18.2 Å². The number of urea groups is 1. The molecule has 1 N–H and O–H groups in total. The normalized spacial score (nSPS) is 18.6. The lowest BCUT2D eigenvalue weighted by Gasteiger charge is -2.37. The number of nitrogens with zero attached hydrogens (tertiary/aromatic N) is 2. The molecule has 3 amide bonds. The van der Waals surface area contributed by atoms with Crippen molar-refractivity contribution in [3.8, 4) is 5.75 Å². The van der Waals surface area contributed by atoms with E-state index in [4.69, 9.17) is 4.74 Å². The van der Waals surface area contributed by atoms with Crippen LogP contribution in [0.15, 0.2) is 48.5 Å². The van der Waals surface area contributed by atoms with E-state index in [1.165, 1.54) is 12.1 Å². The van der Waals surface area contributed by atoms with Gasteiger partial charge < -0.3 is 15.0 Å². The van der Waals surface area contributed by atoms with Crippen LogP contribution in [0, 0.1) is 11.7 Å². The number of benzene rings is 2. The second-order valence-corrected chi connectivity index (χ2v) is 7.38. The lowest BCUT2D eigenvalue weighted by molar-refractivity contribution is -0.126. The van der Waals surface area contributed by atoms with Gasteiger partial charge in [0, 0.05) is 19.6 Å². The third-order valence-corrected chi connectivity index (χ3v) is 5.38. The molecule has 2 aromatic carbocycles. The van der Waals surface area contributed by atoms with Gasteiger partial charge in [-0.05, 0) is 42.7 Å². The Bertz CT molecular complexity index is 904. The number of nitrogens with one attached hydrogen (secondary N) is 1. The summed E-state index contributed by atoms with van der Waals surface area (Å²) in [5.41, 5.74) is 1.48. The molecule has 0 unspecified atom stereocenters. The molecule has 6 nitrogen and oxygen atoms in total. The lowest BCUT2D eigenvalue weighted by atomic mass is 9.97. The minimum absolute atomic E-state index is 0.0941. The topological polar surface area (TPSA) is 61.9 Å². The number of hydrogen-bond acceptors (Lipinski definition) is 3. The van der Waals surface area contributed by atoms with Crippen molar-refractivity contribution in [3.63, 3.8) is 0 Å². The van der Waals surface area contributed by atoms with Gasteiger partial charge >= 0.3 is 6.03 Å². The number of anilines is 1. The van der Waals surface area contributed by atoms with Gasteiger partial charge in [-0.3, -0.25) is 9.69 Å². The fourth-order valence-electron chi connectivity index (χ4n) is 3.88. The van der Waals surface area contributed by atoms with Crippen LogP contribution in [0.25, 0.3) is 0 Å². The van der Waals surface area contributed by atoms with Gasteiger partial charge in [0.2, 0.25) is 5.91 Å². The Hall–Kier alpha value is -3.09. The molecule has 0 bridgehead atoms. The summed E-state index contributed by atoms with van der Waals surface area (Å²) in [6.45, 7) is 2.23. The molecular formula is C22H24FN3O3. The molecule has 29 heavy (non-hydrogen) atoms. The number of halogens is 1. The second-order valence-electron chi connectivity index (χ2n) is 7.38. The van der Waals surface area contributed by atoms with Crippen LogP contribution in [-0.4, -0.2) is 43.1 Å². The first kappa shape index (κ1) is 19.2.